The number of rotatable bonds is 1. The first kappa shape index (κ1) is 16.8. The Kier molecular flexibility index (Phi) is 3.27. The molecule has 1 aromatic carbocycles. The number of anilines is 1. The van der Waals surface area contributed by atoms with E-state index in [9.17, 15) is 4.79 Å². The van der Waals surface area contributed by atoms with Crippen molar-refractivity contribution in [2.24, 2.45) is 24.3 Å². The summed E-state index contributed by atoms with van der Waals surface area (Å²) in [6.07, 6.45) is 7.27. The number of aryl methyl sites for hydroxylation is 1. The first-order chi connectivity index (χ1) is 13.4. The number of carbonyl (C=O) groups is 1. The molecule has 2 atom stereocenters. The van der Waals surface area contributed by atoms with Crippen LogP contribution in [0.3, 0.4) is 0 Å². The van der Waals surface area contributed by atoms with Crippen LogP contribution in [0.2, 0.25) is 0 Å². The third-order valence-corrected chi connectivity index (χ3v) is 7.81. The molecule has 1 aromatic heterocycles. The minimum Gasteiger partial charge on any atom is -0.307 e. The Morgan fingerprint density at radius 3 is 2.64 bits per heavy atom. The summed E-state index contributed by atoms with van der Waals surface area (Å²) < 4.78 is 17.4. The molecular weight excluding hydrogens is 353 g/mol. The summed E-state index contributed by atoms with van der Waals surface area (Å²) in [6, 6.07) is 8.19. The quantitative estimate of drug-likeness (QED) is 0.746. The second-order valence-electron chi connectivity index (χ2n) is 9.83. The van der Waals surface area contributed by atoms with Gasteiger partial charge in [-0.2, -0.15) is 5.10 Å². The Morgan fingerprint density at radius 2 is 1.89 bits per heavy atom. The highest BCUT2D eigenvalue weighted by atomic mass is 19.1. The van der Waals surface area contributed by atoms with Crippen LogP contribution < -0.4 is 4.90 Å². The van der Waals surface area contributed by atoms with Crippen molar-refractivity contribution in [1.82, 2.24) is 9.78 Å². The predicted octanol–water partition coefficient (Wildman–Crippen LogP) is 4.17. The molecule has 146 valence electrons. The monoisotopic (exact) mass is 379 g/mol. The van der Waals surface area contributed by atoms with Crippen molar-refractivity contribution < 1.29 is 9.18 Å². The van der Waals surface area contributed by atoms with Crippen molar-refractivity contribution in [3.63, 3.8) is 0 Å². The average molecular weight is 379 g/mol. The largest absolute Gasteiger partial charge is 0.307 e. The van der Waals surface area contributed by atoms with E-state index in [0.29, 0.717) is 37.6 Å². The summed E-state index contributed by atoms with van der Waals surface area (Å²) in [5.41, 5.74) is 2.77. The number of nitrogens with zero attached hydrogens (tertiary/aromatic N) is 3. The number of hydrogen-bond donors (Lipinski definition) is 0. The van der Waals surface area contributed by atoms with E-state index in [-0.39, 0.29) is 5.91 Å². The number of alkyl halides is 1. The molecule has 1 amide bonds. The zero-order chi connectivity index (χ0) is 19.1. The number of aromatic nitrogens is 2. The van der Waals surface area contributed by atoms with Gasteiger partial charge in [0.05, 0.1) is 18.2 Å². The van der Waals surface area contributed by atoms with Crippen LogP contribution in [0.25, 0.3) is 0 Å². The van der Waals surface area contributed by atoms with Gasteiger partial charge in [-0.05, 0) is 62.0 Å². The zero-order valence-corrected chi connectivity index (χ0v) is 16.3. The van der Waals surface area contributed by atoms with Crippen LogP contribution in [0.1, 0.15) is 55.3 Å². The van der Waals surface area contributed by atoms with Crippen molar-refractivity contribution in [3.05, 3.63) is 47.3 Å². The smallest absolute Gasteiger partial charge is 0.233 e. The molecule has 4 nitrogen and oxygen atoms in total. The highest BCUT2D eigenvalue weighted by Crippen LogP contribution is 2.63. The van der Waals surface area contributed by atoms with E-state index in [2.05, 4.69) is 17.2 Å². The maximum atomic E-state index is 15.5. The topological polar surface area (TPSA) is 38.1 Å². The lowest BCUT2D eigenvalue weighted by atomic mass is 9.48. The van der Waals surface area contributed by atoms with E-state index in [1.54, 1.807) is 0 Å². The van der Waals surface area contributed by atoms with E-state index in [0.717, 1.165) is 48.2 Å². The summed E-state index contributed by atoms with van der Waals surface area (Å²) >= 11 is 0. The van der Waals surface area contributed by atoms with E-state index < -0.39 is 11.1 Å². The lowest BCUT2D eigenvalue weighted by molar-refractivity contribution is -0.158. The number of carbonyl (C=O) groups excluding carboxylic acids is 1. The van der Waals surface area contributed by atoms with Crippen molar-refractivity contribution in [2.45, 2.75) is 57.2 Å². The zero-order valence-electron chi connectivity index (χ0n) is 16.3. The minimum absolute atomic E-state index is 0.146. The molecule has 0 radical (unpaired) electrons. The molecule has 2 heterocycles. The second kappa shape index (κ2) is 5.46. The molecule has 2 aromatic rings. The standard InChI is InChI=1S/C23H26FN3O/c1-26-20-7-17-4-2-3-5-19(17)27(13-18(20)12-25-26)21(28)22-8-15-6-16(9-22)11-23(24,10-15)14-22/h2-5,12,15-16H,6-11,13-14H2,1H3. The van der Waals surface area contributed by atoms with Gasteiger partial charge >= 0.3 is 0 Å². The maximum Gasteiger partial charge on any atom is 0.233 e. The summed E-state index contributed by atoms with van der Waals surface area (Å²) in [7, 11) is 1.96. The van der Waals surface area contributed by atoms with Gasteiger partial charge in [-0.25, -0.2) is 4.39 Å². The summed E-state index contributed by atoms with van der Waals surface area (Å²) in [4.78, 5) is 16.0. The molecular formula is C23H26FN3O. The molecule has 0 spiro atoms. The van der Waals surface area contributed by atoms with Gasteiger partial charge in [0.15, 0.2) is 0 Å². The Labute approximate surface area is 164 Å². The second-order valence-corrected chi connectivity index (χ2v) is 9.83. The minimum atomic E-state index is -1.12. The normalized spacial score (nSPS) is 35.4. The molecule has 28 heavy (non-hydrogen) atoms. The molecule has 4 fully saturated rings. The van der Waals surface area contributed by atoms with Crippen LogP contribution in [0.5, 0.6) is 0 Å². The predicted molar refractivity (Wildman–Crippen MR) is 105 cm³/mol. The Balaban J connectivity index is 1.44. The number of hydrogen-bond acceptors (Lipinski definition) is 2. The highest BCUT2D eigenvalue weighted by Gasteiger charge is 2.62. The van der Waals surface area contributed by atoms with Crippen molar-refractivity contribution in [2.75, 3.05) is 4.90 Å². The Bertz CT molecular complexity index is 966. The van der Waals surface area contributed by atoms with Gasteiger partial charge in [-0.1, -0.05) is 18.2 Å². The van der Waals surface area contributed by atoms with Crippen molar-refractivity contribution in [1.29, 1.82) is 0 Å². The number of fused-ring (bicyclic) bond motifs is 2. The fourth-order valence-electron chi connectivity index (χ4n) is 7.10. The first-order valence-electron chi connectivity index (χ1n) is 10.5. The van der Waals surface area contributed by atoms with Crippen LogP contribution in [-0.2, 0) is 24.8 Å². The molecule has 1 aliphatic heterocycles. The van der Waals surface area contributed by atoms with Crippen LogP contribution in [-0.4, -0.2) is 21.4 Å². The Morgan fingerprint density at radius 1 is 1.14 bits per heavy atom. The average Bonchev–Trinajstić information content (AvgIpc) is 2.89. The van der Waals surface area contributed by atoms with Gasteiger partial charge in [0, 0.05) is 30.4 Å². The van der Waals surface area contributed by atoms with Crippen LogP contribution >= 0.6 is 0 Å². The van der Waals surface area contributed by atoms with Gasteiger partial charge in [0.25, 0.3) is 0 Å². The molecule has 0 saturated heterocycles. The molecule has 5 heteroatoms. The van der Waals surface area contributed by atoms with Gasteiger partial charge in [0.1, 0.15) is 5.67 Å². The fourth-order valence-corrected chi connectivity index (χ4v) is 7.10. The summed E-state index contributed by atoms with van der Waals surface area (Å²) in [5, 5.41) is 4.43. The van der Waals surface area contributed by atoms with Gasteiger partial charge in [-0.3, -0.25) is 9.48 Å². The van der Waals surface area contributed by atoms with Crippen LogP contribution in [0.15, 0.2) is 30.5 Å². The summed E-state index contributed by atoms with van der Waals surface area (Å²) in [5.74, 6) is 0.908. The highest BCUT2D eigenvalue weighted by molar-refractivity contribution is 5.99. The number of benzene rings is 1. The molecule has 4 saturated carbocycles. The van der Waals surface area contributed by atoms with E-state index in [1.807, 2.05) is 35.0 Å². The summed E-state index contributed by atoms with van der Waals surface area (Å²) in [6.45, 7) is 0.537. The third-order valence-electron chi connectivity index (χ3n) is 7.81. The fraction of sp³-hybridized carbons (Fsp3) is 0.565. The molecule has 2 unspecified atom stereocenters. The van der Waals surface area contributed by atoms with Crippen molar-refractivity contribution >= 4 is 11.6 Å². The first-order valence-corrected chi connectivity index (χ1v) is 10.5. The molecule has 4 bridgehead atoms. The van der Waals surface area contributed by atoms with Gasteiger partial charge in [-0.15, -0.1) is 0 Å². The van der Waals surface area contributed by atoms with E-state index >= 15 is 4.39 Å². The molecule has 0 N–H and O–H groups in total. The molecule has 7 rings (SSSR count). The maximum absolute atomic E-state index is 15.5. The van der Waals surface area contributed by atoms with Crippen molar-refractivity contribution in [3.8, 4) is 0 Å². The molecule has 4 aliphatic carbocycles. The third kappa shape index (κ3) is 2.28. The van der Waals surface area contributed by atoms with Gasteiger partial charge < -0.3 is 4.90 Å². The lowest BCUT2D eigenvalue weighted by Crippen LogP contribution is -2.59. The van der Waals surface area contributed by atoms with E-state index in [4.69, 9.17) is 0 Å². The van der Waals surface area contributed by atoms with Gasteiger partial charge in [0.2, 0.25) is 5.91 Å². The Hall–Kier alpha value is -2.17. The van der Waals surface area contributed by atoms with Crippen LogP contribution in [0.4, 0.5) is 10.1 Å². The molecule has 5 aliphatic rings. The van der Waals surface area contributed by atoms with Crippen LogP contribution in [0, 0.1) is 17.3 Å². The number of halogens is 1. The number of amides is 1. The SMILES string of the molecule is Cn1ncc2c1Cc1ccccc1N(C(=O)C13CC4CC(CC(F)(C4)C1)C3)C2. The number of para-hydroxylation sites is 1. The van der Waals surface area contributed by atoms with E-state index in [1.165, 1.54) is 0 Å². The lowest BCUT2D eigenvalue weighted by Gasteiger charge is -2.58.